The van der Waals surface area contributed by atoms with Crippen LogP contribution in [0.3, 0.4) is 0 Å². The molecule has 172 valence electrons. The summed E-state index contributed by atoms with van der Waals surface area (Å²) in [6.07, 6.45) is -5.81. The van der Waals surface area contributed by atoms with Gasteiger partial charge in [-0.1, -0.05) is 60.7 Å². The van der Waals surface area contributed by atoms with Crippen LogP contribution < -0.4 is 4.90 Å². The summed E-state index contributed by atoms with van der Waals surface area (Å²) in [4.78, 5) is 28.5. The fourth-order valence-electron chi connectivity index (χ4n) is 6.69. The maximum atomic E-state index is 14.0. The van der Waals surface area contributed by atoms with Gasteiger partial charge in [0, 0.05) is 5.92 Å². The molecule has 34 heavy (non-hydrogen) atoms. The highest BCUT2D eigenvalue weighted by Crippen LogP contribution is 2.65. The van der Waals surface area contributed by atoms with E-state index in [0.29, 0.717) is 4.90 Å². The molecule has 1 heterocycles. The number of aliphatic hydroxyl groups excluding tert-OH is 1. The number of amides is 2. The van der Waals surface area contributed by atoms with Crippen molar-refractivity contribution in [3.8, 4) is 0 Å². The zero-order chi connectivity index (χ0) is 24.0. The topological polar surface area (TPSA) is 57.6 Å². The first-order chi connectivity index (χ1) is 16.2. The molecule has 4 nitrogen and oxygen atoms in total. The summed E-state index contributed by atoms with van der Waals surface area (Å²) in [5.41, 5.74) is 0.410. The van der Waals surface area contributed by atoms with Crippen LogP contribution >= 0.6 is 0 Å². The Morgan fingerprint density at radius 2 is 1.38 bits per heavy atom. The highest BCUT2D eigenvalue weighted by Gasteiger charge is 2.69. The Kier molecular flexibility index (Phi) is 4.22. The second-order valence-corrected chi connectivity index (χ2v) is 9.23. The van der Waals surface area contributed by atoms with Crippen molar-refractivity contribution in [2.24, 2.45) is 11.8 Å². The van der Waals surface area contributed by atoms with Crippen LogP contribution in [0.1, 0.15) is 40.7 Å². The minimum Gasteiger partial charge on any atom is -0.392 e. The molecule has 1 fully saturated rings. The van der Waals surface area contributed by atoms with E-state index in [2.05, 4.69) is 0 Å². The van der Waals surface area contributed by atoms with E-state index >= 15 is 0 Å². The molecule has 4 aliphatic rings. The molecule has 3 atom stereocenters. The van der Waals surface area contributed by atoms with Crippen LogP contribution in [0.2, 0.25) is 0 Å². The Morgan fingerprint density at radius 1 is 0.853 bits per heavy atom. The molecule has 0 spiro atoms. The van der Waals surface area contributed by atoms with Gasteiger partial charge in [-0.15, -0.1) is 0 Å². The highest BCUT2D eigenvalue weighted by atomic mass is 19.4. The van der Waals surface area contributed by atoms with Crippen molar-refractivity contribution in [2.75, 3.05) is 4.90 Å². The van der Waals surface area contributed by atoms with Crippen LogP contribution in [0.25, 0.3) is 0 Å². The summed E-state index contributed by atoms with van der Waals surface area (Å²) in [6.45, 7) is 1.58. The summed E-state index contributed by atoms with van der Waals surface area (Å²) in [6, 6.07) is 19.4. The monoisotopic (exact) mass is 463 g/mol. The number of imide groups is 1. The van der Waals surface area contributed by atoms with Gasteiger partial charge in [0.1, 0.15) is 0 Å². The van der Waals surface area contributed by atoms with Gasteiger partial charge in [0.25, 0.3) is 0 Å². The lowest BCUT2D eigenvalue weighted by atomic mass is 9.46. The minimum atomic E-state index is -4.74. The third-order valence-corrected chi connectivity index (χ3v) is 7.79. The molecule has 2 bridgehead atoms. The van der Waals surface area contributed by atoms with Crippen LogP contribution in [0.15, 0.2) is 72.8 Å². The molecule has 0 aromatic heterocycles. The molecule has 3 aliphatic carbocycles. The van der Waals surface area contributed by atoms with Crippen molar-refractivity contribution in [3.05, 3.63) is 101 Å². The predicted molar refractivity (Wildman–Crippen MR) is 118 cm³/mol. The first-order valence-corrected chi connectivity index (χ1v) is 11.1. The molecular formula is C27H20F3NO3. The number of carbonyl (C=O) groups excluding carboxylic acids is 2. The number of hydrogen-bond acceptors (Lipinski definition) is 3. The number of anilines is 1. The van der Waals surface area contributed by atoms with Crippen LogP contribution in [0, 0.1) is 11.8 Å². The van der Waals surface area contributed by atoms with E-state index in [4.69, 9.17) is 0 Å². The number of carbonyl (C=O) groups is 2. The van der Waals surface area contributed by atoms with E-state index in [0.717, 1.165) is 34.4 Å². The van der Waals surface area contributed by atoms with Gasteiger partial charge in [-0.05, 0) is 41.3 Å². The van der Waals surface area contributed by atoms with Crippen molar-refractivity contribution in [3.63, 3.8) is 0 Å². The van der Waals surface area contributed by atoms with Gasteiger partial charge in [0.15, 0.2) is 0 Å². The second-order valence-electron chi connectivity index (χ2n) is 9.23. The zero-order valence-electron chi connectivity index (χ0n) is 18.1. The number of alkyl halides is 3. The maximum Gasteiger partial charge on any atom is 0.418 e. The van der Waals surface area contributed by atoms with Crippen molar-refractivity contribution in [1.29, 1.82) is 0 Å². The molecule has 1 N–H and O–H groups in total. The molecule has 7 heteroatoms. The number of hydrogen-bond donors (Lipinski definition) is 1. The largest absolute Gasteiger partial charge is 0.418 e. The fraction of sp³-hybridized carbons (Fsp3) is 0.259. The second kappa shape index (κ2) is 6.79. The van der Waals surface area contributed by atoms with Gasteiger partial charge < -0.3 is 5.11 Å². The number of nitrogens with zero attached hydrogens (tertiary/aromatic N) is 1. The van der Waals surface area contributed by atoms with Crippen molar-refractivity contribution in [1.82, 2.24) is 0 Å². The fourth-order valence-corrected chi connectivity index (χ4v) is 6.69. The lowest BCUT2D eigenvalue weighted by Crippen LogP contribution is -2.58. The molecule has 0 radical (unpaired) electrons. The van der Waals surface area contributed by atoms with E-state index < -0.39 is 58.5 Å². The SMILES string of the molecule is C[C@H](O)C12c3ccccc3C(c3ccccc31)[C@@H]1C(=O)N(c3ccccc3C(F)(F)F)C(=O)[C@@H]12. The Hall–Kier alpha value is -3.45. The van der Waals surface area contributed by atoms with Gasteiger partial charge in [-0.3, -0.25) is 9.59 Å². The summed E-state index contributed by atoms with van der Waals surface area (Å²) in [5.74, 6) is -3.78. The molecule has 7 rings (SSSR count). The Labute approximate surface area is 193 Å². The number of rotatable bonds is 2. The molecule has 1 aliphatic heterocycles. The molecular weight excluding hydrogens is 443 g/mol. The Bertz CT molecular complexity index is 1320. The van der Waals surface area contributed by atoms with Crippen LogP contribution in [-0.2, 0) is 21.2 Å². The number of aliphatic hydroxyl groups is 1. The van der Waals surface area contributed by atoms with E-state index in [1.807, 2.05) is 48.5 Å². The summed E-state index contributed by atoms with van der Waals surface area (Å²) >= 11 is 0. The number of para-hydroxylation sites is 1. The normalized spacial score (nSPS) is 27.9. The molecule has 3 aromatic carbocycles. The van der Waals surface area contributed by atoms with Crippen molar-refractivity contribution in [2.45, 2.75) is 30.5 Å². The number of benzene rings is 3. The van der Waals surface area contributed by atoms with Gasteiger partial charge in [-0.25, -0.2) is 4.90 Å². The predicted octanol–water partition coefficient (Wildman–Crippen LogP) is 4.64. The third kappa shape index (κ3) is 2.37. The van der Waals surface area contributed by atoms with Crippen molar-refractivity contribution < 1.29 is 27.9 Å². The smallest absolute Gasteiger partial charge is 0.392 e. The van der Waals surface area contributed by atoms with Crippen LogP contribution in [-0.4, -0.2) is 23.0 Å². The van der Waals surface area contributed by atoms with E-state index in [1.54, 1.807) is 6.92 Å². The van der Waals surface area contributed by atoms with E-state index in [-0.39, 0.29) is 0 Å². The highest BCUT2D eigenvalue weighted by molar-refractivity contribution is 6.24. The van der Waals surface area contributed by atoms with E-state index in [1.165, 1.54) is 12.1 Å². The molecule has 1 saturated heterocycles. The van der Waals surface area contributed by atoms with Gasteiger partial charge >= 0.3 is 6.18 Å². The van der Waals surface area contributed by atoms with Gasteiger partial charge in [0.2, 0.25) is 11.8 Å². The summed E-state index contributed by atoms with van der Waals surface area (Å²) < 4.78 is 41.5. The first kappa shape index (κ1) is 21.1. The van der Waals surface area contributed by atoms with Crippen LogP contribution in [0.5, 0.6) is 0 Å². The zero-order valence-corrected chi connectivity index (χ0v) is 18.1. The molecule has 2 amide bonds. The van der Waals surface area contributed by atoms with Gasteiger partial charge in [-0.2, -0.15) is 13.2 Å². The maximum absolute atomic E-state index is 14.0. The molecule has 0 saturated carbocycles. The standard InChI is InChI=1S/C27H20F3NO3/c1-14(32)26-17-10-4-2-8-15(17)21(16-9-3-5-11-18(16)26)22-23(26)25(34)31(24(22)33)20-13-7-6-12-19(20)27(28,29)30/h2-14,21-23,32H,1H3/t14-,21?,22-,23+,26?/m0/s1. The average Bonchev–Trinajstić information content (AvgIpc) is 3.09. The Morgan fingerprint density at radius 3 is 1.94 bits per heavy atom. The Balaban J connectivity index is 1.65. The van der Waals surface area contributed by atoms with Crippen LogP contribution in [0.4, 0.5) is 18.9 Å². The lowest BCUT2D eigenvalue weighted by molar-refractivity contribution is -0.137. The van der Waals surface area contributed by atoms with E-state index in [9.17, 15) is 27.9 Å². The quantitative estimate of drug-likeness (QED) is 0.564. The average molecular weight is 463 g/mol. The summed E-state index contributed by atoms with van der Waals surface area (Å²) in [7, 11) is 0. The molecule has 0 unspecified atom stereocenters. The third-order valence-electron chi connectivity index (χ3n) is 7.79. The minimum absolute atomic E-state index is 0.465. The first-order valence-electron chi connectivity index (χ1n) is 11.1. The van der Waals surface area contributed by atoms with Gasteiger partial charge in [0.05, 0.1) is 34.6 Å². The van der Waals surface area contributed by atoms with Crippen molar-refractivity contribution >= 4 is 17.5 Å². The number of halogens is 3. The lowest BCUT2D eigenvalue weighted by Gasteiger charge is -2.55. The molecule has 3 aromatic rings. The summed E-state index contributed by atoms with van der Waals surface area (Å²) in [5, 5.41) is 11.3.